The number of methoxy groups -OCH3 is 1. The van der Waals surface area contributed by atoms with Crippen molar-refractivity contribution in [3.8, 4) is 0 Å². The van der Waals surface area contributed by atoms with Crippen molar-refractivity contribution < 1.29 is 13.1 Å². The molecule has 3 atom stereocenters. The van der Waals surface area contributed by atoms with Gasteiger partial charge in [-0.15, -0.1) is 0 Å². The van der Waals surface area contributed by atoms with Gasteiger partial charge in [0.2, 0.25) is 2.57 Å². The Morgan fingerprint density at radius 2 is 1.93 bits per heavy atom. The highest BCUT2D eigenvalue weighted by Crippen LogP contribution is 2.58. The SMILES string of the molecule is COC(C1CC1(C)C)C(Br)(Br)S(=O)OC. The van der Waals surface area contributed by atoms with Crippen molar-refractivity contribution in [2.75, 3.05) is 14.2 Å². The molecule has 1 fully saturated rings. The molecule has 0 bridgehead atoms. The van der Waals surface area contributed by atoms with Crippen LogP contribution in [0, 0.1) is 11.3 Å². The Labute approximate surface area is 110 Å². The molecule has 0 N–H and O–H groups in total. The molecular formula is C9H16Br2O3S. The van der Waals surface area contributed by atoms with Crippen molar-refractivity contribution in [3.05, 3.63) is 0 Å². The number of ether oxygens (including phenoxy) is 1. The van der Waals surface area contributed by atoms with Gasteiger partial charge in [0.05, 0.1) is 13.2 Å². The average Bonchev–Trinajstić information content (AvgIpc) is 2.74. The topological polar surface area (TPSA) is 35.5 Å². The number of alkyl halides is 2. The molecule has 0 aromatic carbocycles. The van der Waals surface area contributed by atoms with E-state index < -0.39 is 13.6 Å². The summed E-state index contributed by atoms with van der Waals surface area (Å²) in [5.41, 5.74) is 0.255. The van der Waals surface area contributed by atoms with Gasteiger partial charge in [0.15, 0.2) is 11.1 Å². The van der Waals surface area contributed by atoms with Crippen molar-refractivity contribution in [2.45, 2.75) is 28.9 Å². The maximum absolute atomic E-state index is 11.7. The van der Waals surface area contributed by atoms with Crippen LogP contribution in [0.5, 0.6) is 0 Å². The molecule has 1 saturated carbocycles. The summed E-state index contributed by atoms with van der Waals surface area (Å²) in [6.07, 6.45) is 0.902. The first-order chi connectivity index (χ1) is 6.77. The van der Waals surface area contributed by atoms with E-state index in [2.05, 4.69) is 45.7 Å². The van der Waals surface area contributed by atoms with Gasteiger partial charge in [0.1, 0.15) is 0 Å². The predicted molar refractivity (Wildman–Crippen MR) is 68.4 cm³/mol. The van der Waals surface area contributed by atoms with E-state index in [0.717, 1.165) is 6.42 Å². The van der Waals surface area contributed by atoms with Gasteiger partial charge in [-0.1, -0.05) is 45.7 Å². The van der Waals surface area contributed by atoms with Crippen LogP contribution in [-0.2, 0) is 20.0 Å². The van der Waals surface area contributed by atoms with Crippen molar-refractivity contribution in [3.63, 3.8) is 0 Å². The van der Waals surface area contributed by atoms with E-state index in [0.29, 0.717) is 5.92 Å². The van der Waals surface area contributed by atoms with Crippen LogP contribution in [0.25, 0.3) is 0 Å². The number of halogens is 2. The molecule has 0 aromatic heterocycles. The summed E-state index contributed by atoms with van der Waals surface area (Å²) in [6, 6.07) is 0. The summed E-state index contributed by atoms with van der Waals surface area (Å²) in [5.74, 6) is 0.389. The Balaban J connectivity index is 2.79. The first-order valence-electron chi connectivity index (χ1n) is 4.64. The molecule has 0 radical (unpaired) electrons. The Hall–Kier alpha value is 1.03. The molecule has 0 spiro atoms. The fraction of sp³-hybridized carbons (Fsp3) is 1.00. The fourth-order valence-electron chi connectivity index (χ4n) is 1.77. The number of hydrogen-bond acceptors (Lipinski definition) is 3. The molecule has 1 aliphatic carbocycles. The molecule has 1 rings (SSSR count). The van der Waals surface area contributed by atoms with Crippen LogP contribution in [0.15, 0.2) is 0 Å². The van der Waals surface area contributed by atoms with Crippen LogP contribution in [-0.4, -0.2) is 27.1 Å². The minimum atomic E-state index is -1.47. The van der Waals surface area contributed by atoms with Crippen LogP contribution in [0.2, 0.25) is 0 Å². The van der Waals surface area contributed by atoms with E-state index in [1.165, 1.54) is 7.11 Å². The lowest BCUT2D eigenvalue weighted by Gasteiger charge is -2.28. The van der Waals surface area contributed by atoms with Crippen LogP contribution >= 0.6 is 31.9 Å². The highest BCUT2D eigenvalue weighted by molar-refractivity contribution is 9.27. The first kappa shape index (κ1) is 14.1. The molecule has 90 valence electrons. The summed E-state index contributed by atoms with van der Waals surface area (Å²) in [7, 11) is 3.04. The third-order valence-corrected chi connectivity index (χ3v) is 6.38. The van der Waals surface area contributed by atoms with E-state index in [4.69, 9.17) is 8.92 Å². The van der Waals surface area contributed by atoms with Gasteiger partial charge in [-0.05, 0) is 17.8 Å². The molecule has 0 amide bonds. The maximum Gasteiger partial charge on any atom is 0.206 e. The van der Waals surface area contributed by atoms with Crippen LogP contribution in [0.3, 0.4) is 0 Å². The molecule has 1 aliphatic rings. The van der Waals surface area contributed by atoms with Gasteiger partial charge in [0.25, 0.3) is 0 Å². The van der Waals surface area contributed by atoms with Crippen molar-refractivity contribution in [1.29, 1.82) is 0 Å². The Morgan fingerprint density at radius 1 is 1.47 bits per heavy atom. The molecule has 3 unspecified atom stereocenters. The zero-order valence-electron chi connectivity index (χ0n) is 9.25. The zero-order valence-corrected chi connectivity index (χ0v) is 13.2. The van der Waals surface area contributed by atoms with Gasteiger partial charge >= 0.3 is 0 Å². The zero-order chi connectivity index (χ0) is 11.9. The van der Waals surface area contributed by atoms with Crippen LogP contribution < -0.4 is 0 Å². The van der Waals surface area contributed by atoms with Crippen LogP contribution in [0.4, 0.5) is 0 Å². The predicted octanol–water partition coefficient (Wildman–Crippen LogP) is 2.80. The summed E-state index contributed by atoms with van der Waals surface area (Å²) in [5, 5.41) is 0. The monoisotopic (exact) mass is 362 g/mol. The maximum atomic E-state index is 11.7. The van der Waals surface area contributed by atoms with E-state index in [-0.39, 0.29) is 11.5 Å². The lowest BCUT2D eigenvalue weighted by Crippen LogP contribution is -2.39. The standard InChI is InChI=1S/C9H16Br2O3S/c1-8(2)5-6(8)7(13-3)9(10,11)15(12)14-4/h6-7H,5H2,1-4H3. The molecule has 0 saturated heterocycles. The smallest absolute Gasteiger partial charge is 0.206 e. The third kappa shape index (κ3) is 2.83. The van der Waals surface area contributed by atoms with Gasteiger partial charge in [-0.3, -0.25) is 4.18 Å². The van der Waals surface area contributed by atoms with Crippen molar-refractivity contribution >= 4 is 42.9 Å². The van der Waals surface area contributed by atoms with E-state index in [1.807, 2.05) is 0 Å². The molecule has 3 nitrogen and oxygen atoms in total. The Morgan fingerprint density at radius 3 is 2.20 bits per heavy atom. The molecule has 0 aromatic rings. The second-order valence-corrected chi connectivity index (χ2v) is 10.5. The highest BCUT2D eigenvalue weighted by atomic mass is 79.9. The third-order valence-electron chi connectivity index (χ3n) is 2.91. The Kier molecular flexibility index (Phi) is 4.44. The number of hydrogen-bond donors (Lipinski definition) is 0. The van der Waals surface area contributed by atoms with Gasteiger partial charge in [-0.25, -0.2) is 4.21 Å². The lowest BCUT2D eigenvalue weighted by atomic mass is 10.1. The molecule has 0 heterocycles. The average molecular weight is 364 g/mol. The van der Waals surface area contributed by atoms with E-state index in [9.17, 15) is 4.21 Å². The van der Waals surface area contributed by atoms with Crippen molar-refractivity contribution in [1.82, 2.24) is 0 Å². The lowest BCUT2D eigenvalue weighted by molar-refractivity contribution is 0.0816. The quantitative estimate of drug-likeness (QED) is 0.704. The molecule has 6 heteroatoms. The van der Waals surface area contributed by atoms with E-state index >= 15 is 0 Å². The largest absolute Gasteiger partial charge is 0.378 e. The van der Waals surface area contributed by atoms with Gasteiger partial charge in [0, 0.05) is 7.11 Å². The normalized spacial score (nSPS) is 28.5. The van der Waals surface area contributed by atoms with Gasteiger partial charge < -0.3 is 4.74 Å². The summed E-state index contributed by atoms with van der Waals surface area (Å²) >= 11 is 5.31. The summed E-state index contributed by atoms with van der Waals surface area (Å²) in [6.45, 7) is 4.35. The molecular weight excluding hydrogens is 348 g/mol. The fourth-order valence-corrected chi connectivity index (χ4v) is 4.24. The minimum absolute atomic E-state index is 0.173. The molecule has 15 heavy (non-hydrogen) atoms. The second-order valence-electron chi connectivity index (χ2n) is 4.42. The number of rotatable bonds is 5. The molecule has 0 aliphatic heterocycles. The minimum Gasteiger partial charge on any atom is -0.378 e. The first-order valence-corrected chi connectivity index (χ1v) is 7.30. The summed E-state index contributed by atoms with van der Waals surface area (Å²) in [4.78, 5) is 0. The van der Waals surface area contributed by atoms with E-state index in [1.54, 1.807) is 7.11 Å². The Bertz CT molecular complexity index is 268. The van der Waals surface area contributed by atoms with Crippen LogP contribution in [0.1, 0.15) is 20.3 Å². The highest BCUT2D eigenvalue weighted by Gasteiger charge is 2.58. The van der Waals surface area contributed by atoms with Gasteiger partial charge in [-0.2, -0.15) is 0 Å². The second kappa shape index (κ2) is 4.72. The summed E-state index contributed by atoms with van der Waals surface area (Å²) < 4.78 is 21.1. The van der Waals surface area contributed by atoms with Crippen molar-refractivity contribution in [2.24, 2.45) is 11.3 Å².